The molecule has 2 N–H and O–H groups in total. The second-order valence-corrected chi connectivity index (χ2v) is 5.23. The van der Waals surface area contributed by atoms with Crippen molar-refractivity contribution in [1.82, 2.24) is 0 Å². The zero-order valence-corrected chi connectivity index (χ0v) is 12.8. The van der Waals surface area contributed by atoms with Gasteiger partial charge in [-0.05, 0) is 24.3 Å². The fraction of sp³-hybridized carbons (Fsp3) is 0.0714. The number of alkyl halides is 3. The van der Waals surface area contributed by atoms with Gasteiger partial charge in [0.2, 0.25) is 0 Å². The summed E-state index contributed by atoms with van der Waals surface area (Å²) in [4.78, 5) is 11.8. The highest BCUT2D eigenvalue weighted by molar-refractivity contribution is 9.10. The van der Waals surface area contributed by atoms with Crippen LogP contribution in [0.5, 0.6) is 5.75 Å². The fourth-order valence-corrected chi connectivity index (χ4v) is 2.09. The summed E-state index contributed by atoms with van der Waals surface area (Å²) >= 11 is 3.22. The van der Waals surface area contributed by atoms with Crippen molar-refractivity contribution >= 4 is 33.3 Å². The molecule has 122 valence electrons. The van der Waals surface area contributed by atoms with E-state index in [2.05, 4.69) is 31.3 Å². The van der Waals surface area contributed by atoms with Crippen LogP contribution in [0.2, 0.25) is 0 Å². The number of carbonyl (C=O) groups is 1. The minimum absolute atomic E-state index is 0.184. The van der Waals surface area contributed by atoms with Gasteiger partial charge in [0, 0.05) is 28.0 Å². The van der Waals surface area contributed by atoms with Gasteiger partial charge in [-0.3, -0.25) is 0 Å². The zero-order chi connectivity index (χ0) is 17.0. The van der Waals surface area contributed by atoms with Crippen molar-refractivity contribution in [3.8, 4) is 5.75 Å². The molecule has 2 amide bonds. The molecule has 2 rings (SSSR count). The summed E-state index contributed by atoms with van der Waals surface area (Å²) in [5, 5.41) is 4.68. The summed E-state index contributed by atoms with van der Waals surface area (Å²) in [7, 11) is 0. The largest absolute Gasteiger partial charge is 0.573 e. The molecule has 23 heavy (non-hydrogen) atoms. The van der Waals surface area contributed by atoms with Crippen LogP contribution in [0.15, 0.2) is 46.9 Å². The quantitative estimate of drug-likeness (QED) is 0.711. The van der Waals surface area contributed by atoms with E-state index in [1.54, 1.807) is 24.3 Å². The first-order valence-corrected chi connectivity index (χ1v) is 6.90. The van der Waals surface area contributed by atoms with Crippen LogP contribution in [0.1, 0.15) is 0 Å². The summed E-state index contributed by atoms with van der Waals surface area (Å²) in [5.41, 5.74) is 0.261. The van der Waals surface area contributed by atoms with Crippen molar-refractivity contribution in [2.45, 2.75) is 6.36 Å². The number of halogens is 5. The van der Waals surface area contributed by atoms with Gasteiger partial charge in [-0.1, -0.05) is 22.0 Å². The minimum Gasteiger partial charge on any atom is -0.406 e. The number of anilines is 2. The van der Waals surface area contributed by atoms with Crippen LogP contribution in [-0.4, -0.2) is 12.4 Å². The summed E-state index contributed by atoms with van der Waals surface area (Å²) in [6.07, 6.45) is -4.95. The Labute approximate surface area is 136 Å². The average Bonchev–Trinajstić information content (AvgIpc) is 2.35. The molecule has 9 heteroatoms. The Morgan fingerprint density at radius 1 is 1.04 bits per heavy atom. The average molecular weight is 393 g/mol. The number of hydrogen-bond acceptors (Lipinski definition) is 2. The lowest BCUT2D eigenvalue weighted by atomic mass is 10.3. The van der Waals surface area contributed by atoms with E-state index in [1.165, 1.54) is 0 Å². The Bertz CT molecular complexity index is 722. The Morgan fingerprint density at radius 3 is 2.39 bits per heavy atom. The van der Waals surface area contributed by atoms with Crippen molar-refractivity contribution in [2.24, 2.45) is 0 Å². The fourth-order valence-electron chi connectivity index (χ4n) is 1.69. The van der Waals surface area contributed by atoms with Crippen molar-refractivity contribution in [3.05, 3.63) is 52.8 Å². The van der Waals surface area contributed by atoms with Gasteiger partial charge in [-0.15, -0.1) is 13.2 Å². The highest BCUT2D eigenvalue weighted by atomic mass is 79.9. The molecule has 0 fully saturated rings. The molecule has 0 aliphatic carbocycles. The van der Waals surface area contributed by atoms with E-state index < -0.39 is 24.0 Å². The molecule has 2 aromatic rings. The van der Waals surface area contributed by atoms with Gasteiger partial charge in [-0.25, -0.2) is 9.18 Å². The summed E-state index contributed by atoms with van der Waals surface area (Å²) < 4.78 is 54.1. The van der Waals surface area contributed by atoms with Crippen LogP contribution in [-0.2, 0) is 0 Å². The maximum absolute atomic E-state index is 13.3. The monoisotopic (exact) mass is 392 g/mol. The summed E-state index contributed by atoms with van der Waals surface area (Å²) in [6, 6.07) is 8.18. The van der Waals surface area contributed by atoms with Crippen molar-refractivity contribution in [1.29, 1.82) is 0 Å². The second kappa shape index (κ2) is 6.86. The molecule has 0 unspecified atom stereocenters. The minimum atomic E-state index is -4.95. The van der Waals surface area contributed by atoms with E-state index in [9.17, 15) is 22.4 Å². The Balaban J connectivity index is 2.08. The molecule has 0 bridgehead atoms. The lowest BCUT2D eigenvalue weighted by molar-refractivity contribution is -0.274. The molecule has 0 atom stereocenters. The number of benzene rings is 2. The van der Waals surface area contributed by atoms with Crippen LogP contribution < -0.4 is 15.4 Å². The van der Waals surface area contributed by atoms with E-state index in [0.29, 0.717) is 11.8 Å². The van der Waals surface area contributed by atoms with Crippen LogP contribution >= 0.6 is 15.9 Å². The number of hydrogen-bond donors (Lipinski definition) is 2. The first-order chi connectivity index (χ1) is 10.7. The SMILES string of the molecule is O=C(Nc1cccc(Br)c1)Nc1cc(F)cc(OC(F)(F)F)c1. The summed E-state index contributed by atoms with van der Waals surface area (Å²) in [5.74, 6) is -1.75. The molecule has 0 aliphatic rings. The number of ether oxygens (including phenoxy) is 1. The second-order valence-electron chi connectivity index (χ2n) is 4.31. The predicted octanol–water partition coefficient (Wildman–Crippen LogP) is 5.13. The molecule has 4 nitrogen and oxygen atoms in total. The molecule has 0 saturated heterocycles. The molecule has 0 heterocycles. The molecule has 0 aromatic heterocycles. The van der Waals surface area contributed by atoms with Gasteiger partial charge in [0.25, 0.3) is 0 Å². The van der Waals surface area contributed by atoms with Crippen LogP contribution in [0.25, 0.3) is 0 Å². The van der Waals surface area contributed by atoms with Gasteiger partial charge in [-0.2, -0.15) is 0 Å². The molecule has 0 spiro atoms. The van der Waals surface area contributed by atoms with E-state index in [-0.39, 0.29) is 5.69 Å². The van der Waals surface area contributed by atoms with Crippen molar-refractivity contribution < 1.29 is 27.1 Å². The maximum atomic E-state index is 13.3. The lowest BCUT2D eigenvalue weighted by Crippen LogP contribution is -2.20. The first kappa shape index (κ1) is 17.1. The van der Waals surface area contributed by atoms with E-state index in [4.69, 9.17) is 0 Å². The maximum Gasteiger partial charge on any atom is 0.573 e. The van der Waals surface area contributed by atoms with Crippen LogP contribution in [0.4, 0.5) is 33.7 Å². The Kier molecular flexibility index (Phi) is 5.09. The van der Waals surface area contributed by atoms with E-state index in [0.717, 1.165) is 16.6 Å². The molecule has 0 radical (unpaired) electrons. The Hall–Kier alpha value is -2.29. The molecule has 0 saturated carbocycles. The topological polar surface area (TPSA) is 50.4 Å². The molecule has 0 aliphatic heterocycles. The smallest absolute Gasteiger partial charge is 0.406 e. The number of amides is 2. The highest BCUT2D eigenvalue weighted by Gasteiger charge is 2.31. The number of urea groups is 1. The van der Waals surface area contributed by atoms with Crippen LogP contribution in [0, 0.1) is 5.82 Å². The third-order valence-electron chi connectivity index (χ3n) is 2.45. The molecule has 2 aromatic carbocycles. The van der Waals surface area contributed by atoms with Crippen molar-refractivity contribution in [3.63, 3.8) is 0 Å². The normalized spacial score (nSPS) is 11.0. The first-order valence-electron chi connectivity index (χ1n) is 6.11. The standard InChI is InChI=1S/C14H9BrF4N2O2/c15-8-2-1-3-10(4-8)20-13(22)21-11-5-9(16)6-12(7-11)23-14(17,18)19/h1-7H,(H2,20,21,22). The third-order valence-corrected chi connectivity index (χ3v) is 2.94. The lowest BCUT2D eigenvalue weighted by Gasteiger charge is -2.12. The van der Waals surface area contributed by atoms with Crippen molar-refractivity contribution in [2.75, 3.05) is 10.6 Å². The van der Waals surface area contributed by atoms with Crippen LogP contribution in [0.3, 0.4) is 0 Å². The van der Waals surface area contributed by atoms with E-state index >= 15 is 0 Å². The summed E-state index contributed by atoms with van der Waals surface area (Å²) in [6.45, 7) is 0. The van der Waals surface area contributed by atoms with Gasteiger partial charge in [0.05, 0.1) is 0 Å². The van der Waals surface area contributed by atoms with Gasteiger partial charge in [0.1, 0.15) is 11.6 Å². The van der Waals surface area contributed by atoms with Gasteiger partial charge < -0.3 is 15.4 Å². The van der Waals surface area contributed by atoms with Gasteiger partial charge in [0.15, 0.2) is 0 Å². The zero-order valence-electron chi connectivity index (χ0n) is 11.2. The predicted molar refractivity (Wildman–Crippen MR) is 79.9 cm³/mol. The number of carbonyl (C=O) groups excluding carboxylic acids is 1. The third kappa shape index (κ3) is 5.78. The molecular weight excluding hydrogens is 384 g/mol. The highest BCUT2D eigenvalue weighted by Crippen LogP contribution is 2.26. The molecular formula is C14H9BrF4N2O2. The number of rotatable bonds is 3. The van der Waals surface area contributed by atoms with Gasteiger partial charge >= 0.3 is 12.4 Å². The number of nitrogens with one attached hydrogen (secondary N) is 2. The van der Waals surface area contributed by atoms with E-state index in [1.807, 2.05) is 0 Å². The Morgan fingerprint density at radius 2 is 1.74 bits per heavy atom.